The molecule has 0 aliphatic rings. The Morgan fingerprint density at radius 1 is 1.60 bits per heavy atom. The van der Waals surface area contributed by atoms with Crippen LogP contribution in [0.25, 0.3) is 0 Å². The molecule has 0 atom stereocenters. The van der Waals surface area contributed by atoms with Gasteiger partial charge in [-0.25, -0.2) is 9.36 Å². The quantitative estimate of drug-likeness (QED) is 0.446. The average Bonchev–Trinajstić information content (AvgIpc) is 1.64. The SMILES string of the molecule is CCOC(=O)P(=O)(O)O.[NaH]. The predicted molar refractivity (Wildman–Crippen MR) is 36.2 cm³/mol. The number of ether oxygens (including phenoxy) is 1. The summed E-state index contributed by atoms with van der Waals surface area (Å²) in [7, 11) is -4.63. The Hall–Kier alpha value is 0.620. The first kappa shape index (κ1) is 13.2. The van der Waals surface area contributed by atoms with Crippen LogP contribution in [0.4, 0.5) is 4.79 Å². The zero-order chi connectivity index (χ0) is 7.49. The zero-order valence-corrected chi connectivity index (χ0v) is 5.67. The summed E-state index contributed by atoms with van der Waals surface area (Å²) in [4.78, 5) is 26.2. The maximum absolute atomic E-state index is 10.1. The number of carbonyl (C=O) groups is 1. The van der Waals surface area contributed by atoms with Crippen molar-refractivity contribution in [3.8, 4) is 0 Å². The van der Waals surface area contributed by atoms with E-state index in [9.17, 15) is 9.36 Å². The molecule has 0 saturated carbocycles. The van der Waals surface area contributed by atoms with Gasteiger partial charge in [0.1, 0.15) is 0 Å². The van der Waals surface area contributed by atoms with Crippen LogP contribution in [0.15, 0.2) is 0 Å². The first-order valence-electron chi connectivity index (χ1n) is 2.21. The van der Waals surface area contributed by atoms with Gasteiger partial charge in [0.25, 0.3) is 0 Å². The number of hydrogen-bond donors (Lipinski definition) is 2. The van der Waals surface area contributed by atoms with E-state index in [1.165, 1.54) is 6.92 Å². The molecule has 0 aromatic carbocycles. The molecular weight excluding hydrogens is 170 g/mol. The third-order valence-corrected chi connectivity index (χ3v) is 1.11. The molecule has 0 aliphatic carbocycles. The van der Waals surface area contributed by atoms with Crippen LogP contribution >= 0.6 is 7.60 Å². The molecule has 2 N–H and O–H groups in total. The van der Waals surface area contributed by atoms with Crippen LogP contribution < -0.4 is 0 Å². The molecule has 0 spiro atoms. The molecular formula is C3H8NaO5P. The van der Waals surface area contributed by atoms with Gasteiger partial charge in [-0.15, -0.1) is 0 Å². The van der Waals surface area contributed by atoms with Crippen molar-refractivity contribution < 1.29 is 23.9 Å². The van der Waals surface area contributed by atoms with Gasteiger partial charge in [-0.3, -0.25) is 0 Å². The molecule has 0 aliphatic heterocycles. The van der Waals surface area contributed by atoms with Gasteiger partial charge in [0.05, 0.1) is 6.61 Å². The van der Waals surface area contributed by atoms with Crippen molar-refractivity contribution in [2.45, 2.75) is 6.92 Å². The summed E-state index contributed by atoms with van der Waals surface area (Å²) in [5.74, 6) is 0. The number of hydrogen-bond acceptors (Lipinski definition) is 3. The van der Waals surface area contributed by atoms with Crippen LogP contribution in [0.1, 0.15) is 6.92 Å². The summed E-state index contributed by atoms with van der Waals surface area (Å²) < 4.78 is 13.9. The topological polar surface area (TPSA) is 83.8 Å². The van der Waals surface area contributed by atoms with Crippen LogP contribution in [0.2, 0.25) is 0 Å². The van der Waals surface area contributed by atoms with E-state index in [0.717, 1.165) is 0 Å². The van der Waals surface area contributed by atoms with E-state index in [2.05, 4.69) is 4.74 Å². The molecule has 0 radical (unpaired) electrons. The van der Waals surface area contributed by atoms with E-state index in [4.69, 9.17) is 9.79 Å². The molecule has 5 nitrogen and oxygen atoms in total. The Bertz CT molecular complexity index is 151. The third-order valence-electron chi connectivity index (χ3n) is 0.506. The van der Waals surface area contributed by atoms with Gasteiger partial charge in [-0.05, 0) is 6.92 Å². The fourth-order valence-corrected chi connectivity index (χ4v) is 0.505. The summed E-state index contributed by atoms with van der Waals surface area (Å²) >= 11 is 0. The summed E-state index contributed by atoms with van der Waals surface area (Å²) in [6.45, 7) is 1.44. The number of rotatable bonds is 2. The monoisotopic (exact) mass is 178 g/mol. The standard InChI is InChI=1S/C3H7O5P.Na.H/c1-2-8-3(4)9(5,6)7;;/h2H2,1H3,(H2,5,6,7);;. The van der Waals surface area contributed by atoms with Crippen molar-refractivity contribution in [2.24, 2.45) is 0 Å². The van der Waals surface area contributed by atoms with E-state index in [0.29, 0.717) is 0 Å². The molecule has 0 aromatic rings. The van der Waals surface area contributed by atoms with E-state index < -0.39 is 13.3 Å². The fourth-order valence-electron chi connectivity index (χ4n) is 0.208. The second-order valence-corrected chi connectivity index (χ2v) is 2.70. The van der Waals surface area contributed by atoms with Crippen molar-refractivity contribution in [2.75, 3.05) is 6.61 Å². The minimum atomic E-state index is -4.63. The average molecular weight is 178 g/mol. The van der Waals surface area contributed by atoms with Crippen molar-refractivity contribution in [3.63, 3.8) is 0 Å². The van der Waals surface area contributed by atoms with E-state index in [-0.39, 0.29) is 36.2 Å². The normalized spacial score (nSPS) is 9.90. The molecule has 0 saturated heterocycles. The van der Waals surface area contributed by atoms with E-state index in [1.807, 2.05) is 0 Å². The fraction of sp³-hybridized carbons (Fsp3) is 0.667. The summed E-state index contributed by atoms with van der Waals surface area (Å²) in [6, 6.07) is 0. The maximum atomic E-state index is 10.1. The van der Waals surface area contributed by atoms with Crippen molar-refractivity contribution >= 4 is 42.9 Å². The molecule has 0 fully saturated rings. The van der Waals surface area contributed by atoms with Gasteiger partial charge in [0.15, 0.2) is 0 Å². The first-order valence-corrected chi connectivity index (χ1v) is 3.82. The third kappa shape index (κ3) is 5.41. The van der Waals surface area contributed by atoms with Crippen molar-refractivity contribution in [3.05, 3.63) is 0 Å². The van der Waals surface area contributed by atoms with Crippen LogP contribution in [0.3, 0.4) is 0 Å². The molecule has 0 heterocycles. The van der Waals surface area contributed by atoms with Gasteiger partial charge in [-0.1, -0.05) is 0 Å². The Kier molecular flexibility index (Phi) is 7.00. The van der Waals surface area contributed by atoms with Gasteiger partial charge in [-0.2, -0.15) is 0 Å². The van der Waals surface area contributed by atoms with Crippen LogP contribution in [-0.4, -0.2) is 51.7 Å². The van der Waals surface area contributed by atoms with Crippen LogP contribution in [0, 0.1) is 0 Å². The first-order chi connectivity index (χ1) is 3.98. The van der Waals surface area contributed by atoms with Crippen molar-refractivity contribution in [1.29, 1.82) is 0 Å². The van der Waals surface area contributed by atoms with E-state index >= 15 is 0 Å². The Balaban J connectivity index is 0. The molecule has 0 amide bonds. The molecule has 10 heavy (non-hydrogen) atoms. The Labute approximate surface area is 80.2 Å². The molecule has 56 valence electrons. The van der Waals surface area contributed by atoms with Crippen LogP contribution in [0.5, 0.6) is 0 Å². The molecule has 7 heteroatoms. The summed E-state index contributed by atoms with van der Waals surface area (Å²) in [5.41, 5.74) is -1.47. The summed E-state index contributed by atoms with van der Waals surface area (Å²) in [5, 5.41) is 0. The summed E-state index contributed by atoms with van der Waals surface area (Å²) in [6.07, 6.45) is 0. The predicted octanol–water partition coefficient (Wildman–Crippen LogP) is -0.328. The molecule has 0 bridgehead atoms. The van der Waals surface area contributed by atoms with Gasteiger partial charge in [0.2, 0.25) is 0 Å². The molecule has 0 unspecified atom stereocenters. The van der Waals surface area contributed by atoms with Crippen LogP contribution in [-0.2, 0) is 9.30 Å². The van der Waals surface area contributed by atoms with E-state index in [1.54, 1.807) is 0 Å². The van der Waals surface area contributed by atoms with Gasteiger partial charge in [0, 0.05) is 0 Å². The second kappa shape index (κ2) is 5.29. The van der Waals surface area contributed by atoms with Gasteiger partial charge < -0.3 is 14.5 Å². The molecule has 0 aromatic heterocycles. The molecule has 0 rings (SSSR count). The zero-order valence-electron chi connectivity index (χ0n) is 4.77. The van der Waals surface area contributed by atoms with Gasteiger partial charge >= 0.3 is 42.9 Å². The second-order valence-electron chi connectivity index (χ2n) is 1.24. The Morgan fingerprint density at radius 2 is 2.00 bits per heavy atom. The Morgan fingerprint density at radius 3 is 2.10 bits per heavy atom. The van der Waals surface area contributed by atoms with Crippen molar-refractivity contribution in [1.82, 2.24) is 0 Å². The minimum absolute atomic E-state index is 0. The number of carbonyl (C=O) groups excluding carboxylic acids is 1.